The van der Waals surface area contributed by atoms with Gasteiger partial charge in [0.2, 0.25) is 0 Å². The summed E-state index contributed by atoms with van der Waals surface area (Å²) in [6, 6.07) is 1.41. The van der Waals surface area contributed by atoms with E-state index in [4.69, 9.17) is 4.74 Å². The summed E-state index contributed by atoms with van der Waals surface area (Å²) in [4.78, 5) is 8.00. The van der Waals surface area contributed by atoms with Crippen molar-refractivity contribution in [1.82, 2.24) is 14.7 Å². The molecule has 3 rings (SSSR count). The average molecular weight is 324 g/mol. The molecule has 3 aliphatic rings. The third kappa shape index (κ3) is 4.47. The molecule has 134 valence electrons. The van der Waals surface area contributed by atoms with Crippen molar-refractivity contribution >= 4 is 0 Å². The van der Waals surface area contributed by atoms with Gasteiger partial charge in [-0.3, -0.25) is 9.80 Å². The number of nitrogens with zero attached hydrogens (tertiary/aromatic N) is 3. The van der Waals surface area contributed by atoms with Crippen LogP contribution < -0.4 is 0 Å². The highest BCUT2D eigenvalue weighted by Crippen LogP contribution is 2.31. The Morgan fingerprint density at radius 3 is 2.09 bits per heavy atom. The van der Waals surface area contributed by atoms with Gasteiger partial charge in [-0.25, -0.2) is 0 Å². The Morgan fingerprint density at radius 1 is 0.913 bits per heavy atom. The van der Waals surface area contributed by atoms with Gasteiger partial charge in [0.05, 0.1) is 6.10 Å². The van der Waals surface area contributed by atoms with E-state index >= 15 is 0 Å². The number of hydrogen-bond acceptors (Lipinski definition) is 4. The maximum Gasteiger partial charge on any atom is 0.0577 e. The molecule has 0 N–H and O–H groups in total. The lowest BCUT2D eigenvalue weighted by atomic mass is 9.81. The van der Waals surface area contributed by atoms with Crippen LogP contribution in [0.1, 0.15) is 39.5 Å². The van der Waals surface area contributed by atoms with Gasteiger partial charge in [0, 0.05) is 45.4 Å². The predicted molar refractivity (Wildman–Crippen MR) is 95.8 cm³/mol. The third-order valence-corrected chi connectivity index (χ3v) is 6.53. The first-order valence-corrected chi connectivity index (χ1v) is 9.74. The highest BCUT2D eigenvalue weighted by Gasteiger charge is 2.35. The molecule has 0 spiro atoms. The van der Waals surface area contributed by atoms with Crippen LogP contribution in [-0.4, -0.2) is 86.3 Å². The molecule has 0 aromatic carbocycles. The number of rotatable bonds is 5. The monoisotopic (exact) mass is 323 g/mol. The number of likely N-dealkylation sites (tertiary alicyclic amines) is 1. The second kappa shape index (κ2) is 7.81. The molecule has 0 aromatic rings. The van der Waals surface area contributed by atoms with Gasteiger partial charge in [-0.15, -0.1) is 0 Å². The van der Waals surface area contributed by atoms with Crippen LogP contribution in [0.3, 0.4) is 0 Å². The van der Waals surface area contributed by atoms with Crippen LogP contribution in [0.5, 0.6) is 0 Å². The molecule has 2 unspecified atom stereocenters. The molecule has 0 radical (unpaired) electrons. The van der Waals surface area contributed by atoms with Crippen molar-refractivity contribution in [2.24, 2.45) is 11.8 Å². The van der Waals surface area contributed by atoms with E-state index in [1.807, 2.05) is 7.11 Å². The lowest BCUT2D eigenvalue weighted by molar-refractivity contribution is -0.0319. The number of ether oxygens (including phenoxy) is 1. The van der Waals surface area contributed by atoms with E-state index in [0.29, 0.717) is 18.2 Å². The number of hydrogen-bond donors (Lipinski definition) is 0. The van der Waals surface area contributed by atoms with E-state index in [0.717, 1.165) is 11.8 Å². The summed E-state index contributed by atoms with van der Waals surface area (Å²) in [6.45, 7) is 12.6. The molecule has 1 aliphatic carbocycles. The Bertz CT molecular complexity index is 352. The van der Waals surface area contributed by atoms with E-state index in [1.54, 1.807) is 0 Å². The molecule has 23 heavy (non-hydrogen) atoms. The molecule has 0 bridgehead atoms. The zero-order chi connectivity index (χ0) is 16.4. The standard InChI is InChI=1S/C19H37N3O/c1-15-11-21(13-18-9-19(10-18)23-4)12-16(2)22(15)14-17-5-7-20(3)8-6-17/h15-19H,5-14H2,1-4H3/t15?,16?,18-,19-. The molecule has 2 aliphatic heterocycles. The molecule has 3 fully saturated rings. The highest BCUT2D eigenvalue weighted by molar-refractivity contribution is 4.90. The number of piperidine rings is 1. The zero-order valence-electron chi connectivity index (χ0n) is 15.7. The van der Waals surface area contributed by atoms with Gasteiger partial charge < -0.3 is 9.64 Å². The summed E-state index contributed by atoms with van der Waals surface area (Å²) in [5.41, 5.74) is 0. The van der Waals surface area contributed by atoms with Crippen LogP contribution in [0.15, 0.2) is 0 Å². The van der Waals surface area contributed by atoms with E-state index in [-0.39, 0.29) is 0 Å². The Balaban J connectivity index is 1.43. The molecule has 0 aromatic heterocycles. The van der Waals surface area contributed by atoms with E-state index in [2.05, 4.69) is 35.6 Å². The minimum Gasteiger partial charge on any atom is -0.381 e. The van der Waals surface area contributed by atoms with Gasteiger partial charge in [0.15, 0.2) is 0 Å². The molecular formula is C19H37N3O. The van der Waals surface area contributed by atoms with Gasteiger partial charge in [0.1, 0.15) is 0 Å². The second-order valence-corrected chi connectivity index (χ2v) is 8.56. The summed E-state index contributed by atoms with van der Waals surface area (Å²) in [6.07, 6.45) is 5.86. The lowest BCUT2D eigenvalue weighted by Gasteiger charge is -2.48. The molecular weight excluding hydrogens is 286 g/mol. The molecule has 1 saturated carbocycles. The summed E-state index contributed by atoms with van der Waals surface area (Å²) < 4.78 is 5.43. The molecule has 2 saturated heterocycles. The normalized spacial score (nSPS) is 38.6. The predicted octanol–water partition coefficient (Wildman–Crippen LogP) is 2.15. The summed E-state index contributed by atoms with van der Waals surface area (Å²) in [5, 5.41) is 0. The van der Waals surface area contributed by atoms with Gasteiger partial charge >= 0.3 is 0 Å². The van der Waals surface area contributed by atoms with Crippen molar-refractivity contribution in [1.29, 1.82) is 0 Å². The lowest BCUT2D eigenvalue weighted by Crippen LogP contribution is -2.59. The minimum absolute atomic E-state index is 0.542. The van der Waals surface area contributed by atoms with Crippen molar-refractivity contribution < 1.29 is 4.74 Å². The number of piperazine rings is 1. The first-order valence-electron chi connectivity index (χ1n) is 9.74. The van der Waals surface area contributed by atoms with Gasteiger partial charge in [-0.05, 0) is 71.5 Å². The molecule has 0 amide bonds. The minimum atomic E-state index is 0.542. The van der Waals surface area contributed by atoms with Crippen molar-refractivity contribution in [3.05, 3.63) is 0 Å². The summed E-state index contributed by atoms with van der Waals surface area (Å²) >= 11 is 0. The number of methoxy groups -OCH3 is 1. The molecule has 4 heteroatoms. The smallest absolute Gasteiger partial charge is 0.0577 e. The van der Waals surface area contributed by atoms with Gasteiger partial charge in [-0.1, -0.05) is 0 Å². The largest absolute Gasteiger partial charge is 0.381 e. The van der Waals surface area contributed by atoms with Gasteiger partial charge in [0.25, 0.3) is 0 Å². The molecule has 2 atom stereocenters. The fourth-order valence-corrected chi connectivity index (χ4v) is 4.90. The first kappa shape index (κ1) is 17.7. The van der Waals surface area contributed by atoms with Crippen LogP contribution >= 0.6 is 0 Å². The highest BCUT2D eigenvalue weighted by atomic mass is 16.5. The maximum atomic E-state index is 5.43. The SMILES string of the molecule is CO[C@H]1C[C@H](CN2CC(C)N(CC3CCN(C)CC3)C(C)C2)C1. The van der Waals surface area contributed by atoms with Crippen LogP contribution in [0.4, 0.5) is 0 Å². The van der Waals surface area contributed by atoms with Gasteiger partial charge in [-0.2, -0.15) is 0 Å². The van der Waals surface area contributed by atoms with Crippen molar-refractivity contribution in [3.63, 3.8) is 0 Å². The zero-order valence-corrected chi connectivity index (χ0v) is 15.7. The van der Waals surface area contributed by atoms with Crippen molar-refractivity contribution in [3.8, 4) is 0 Å². The molecule has 4 nitrogen and oxygen atoms in total. The van der Waals surface area contributed by atoms with E-state index < -0.39 is 0 Å². The van der Waals surface area contributed by atoms with E-state index in [1.165, 1.54) is 65.0 Å². The Hall–Kier alpha value is -0.160. The topological polar surface area (TPSA) is 19.0 Å². The third-order valence-electron chi connectivity index (χ3n) is 6.53. The fraction of sp³-hybridized carbons (Fsp3) is 1.00. The molecule has 2 heterocycles. The first-order chi connectivity index (χ1) is 11.0. The summed E-state index contributed by atoms with van der Waals surface area (Å²) in [7, 11) is 4.11. The van der Waals surface area contributed by atoms with Crippen molar-refractivity contribution in [2.45, 2.75) is 57.7 Å². The Morgan fingerprint density at radius 2 is 1.52 bits per heavy atom. The van der Waals surface area contributed by atoms with Crippen molar-refractivity contribution in [2.75, 3.05) is 53.4 Å². The maximum absolute atomic E-state index is 5.43. The van der Waals surface area contributed by atoms with E-state index in [9.17, 15) is 0 Å². The average Bonchev–Trinajstić information content (AvgIpc) is 2.48. The van der Waals surface area contributed by atoms with Crippen LogP contribution in [0, 0.1) is 11.8 Å². The Kier molecular flexibility index (Phi) is 6.00. The van der Waals surface area contributed by atoms with Crippen LogP contribution in [0.25, 0.3) is 0 Å². The summed E-state index contributed by atoms with van der Waals surface area (Å²) in [5.74, 6) is 1.79. The van der Waals surface area contributed by atoms with Crippen LogP contribution in [0.2, 0.25) is 0 Å². The van der Waals surface area contributed by atoms with Crippen LogP contribution in [-0.2, 0) is 4.74 Å². The second-order valence-electron chi connectivity index (χ2n) is 8.56. The Labute approximate surface area is 143 Å². The fourth-order valence-electron chi connectivity index (χ4n) is 4.90. The quantitative estimate of drug-likeness (QED) is 0.771.